The van der Waals surface area contributed by atoms with Crippen molar-refractivity contribution >= 4 is 11.4 Å². The molecule has 0 unspecified atom stereocenters. The summed E-state index contributed by atoms with van der Waals surface area (Å²) in [5.41, 5.74) is 3.80. The van der Waals surface area contributed by atoms with E-state index in [1.807, 2.05) is 24.1 Å². The molecule has 0 aliphatic carbocycles. The van der Waals surface area contributed by atoms with Crippen molar-refractivity contribution in [3.63, 3.8) is 0 Å². The highest BCUT2D eigenvalue weighted by molar-refractivity contribution is 6.44. The van der Waals surface area contributed by atoms with Gasteiger partial charge in [0, 0.05) is 12.7 Å². The van der Waals surface area contributed by atoms with Gasteiger partial charge in [-0.15, -0.1) is 0 Å². The molecular formula is C16H28N4. The molecule has 0 atom stereocenters. The molecule has 0 saturated carbocycles. The van der Waals surface area contributed by atoms with Crippen LogP contribution in [-0.4, -0.2) is 22.9 Å². The molecule has 0 saturated heterocycles. The first-order chi connectivity index (χ1) is 9.56. The fourth-order valence-electron chi connectivity index (χ4n) is 1.66. The molecule has 0 heterocycles. The zero-order valence-electron chi connectivity index (χ0n) is 13.1. The first kappa shape index (κ1) is 18.2. The molecule has 0 bridgehead atoms. The first-order valence-corrected chi connectivity index (χ1v) is 7.16. The minimum atomic E-state index is 0.376. The van der Waals surface area contributed by atoms with E-state index in [9.17, 15) is 0 Å². The lowest BCUT2D eigenvalue weighted by molar-refractivity contribution is 0.411. The van der Waals surface area contributed by atoms with Gasteiger partial charge in [-0.2, -0.15) is 5.10 Å². The molecule has 0 fully saturated rings. The lowest BCUT2D eigenvalue weighted by Gasteiger charge is -2.22. The Labute approximate surface area is 123 Å². The normalized spacial score (nSPS) is 11.4. The second-order valence-corrected chi connectivity index (χ2v) is 4.62. The molecular weight excluding hydrogens is 248 g/mol. The van der Waals surface area contributed by atoms with E-state index in [0.717, 1.165) is 13.0 Å². The molecule has 112 valence electrons. The van der Waals surface area contributed by atoms with Crippen LogP contribution in [0.3, 0.4) is 0 Å². The van der Waals surface area contributed by atoms with Crippen molar-refractivity contribution in [1.29, 1.82) is 5.41 Å². The highest BCUT2D eigenvalue weighted by Crippen LogP contribution is 2.06. The van der Waals surface area contributed by atoms with Crippen molar-refractivity contribution in [1.82, 2.24) is 10.3 Å². The van der Waals surface area contributed by atoms with E-state index in [0.29, 0.717) is 17.2 Å². The van der Waals surface area contributed by atoms with Crippen LogP contribution >= 0.6 is 0 Å². The molecule has 0 aliphatic heterocycles. The van der Waals surface area contributed by atoms with Gasteiger partial charge in [0.05, 0.1) is 5.71 Å². The Hall–Kier alpha value is -1.84. The van der Waals surface area contributed by atoms with E-state index in [4.69, 9.17) is 5.41 Å². The Kier molecular flexibility index (Phi) is 10.0. The maximum atomic E-state index is 7.54. The summed E-state index contributed by atoms with van der Waals surface area (Å²) in [4.78, 5) is 2.04. The van der Waals surface area contributed by atoms with Gasteiger partial charge in [0.2, 0.25) is 0 Å². The maximum absolute atomic E-state index is 7.54. The van der Waals surface area contributed by atoms with Crippen molar-refractivity contribution < 1.29 is 0 Å². The zero-order valence-corrected chi connectivity index (χ0v) is 13.1. The largest absolute Gasteiger partial charge is 0.334 e. The minimum absolute atomic E-state index is 0.376. The lowest BCUT2D eigenvalue weighted by atomic mass is 10.2. The Balaban J connectivity index is 4.49. The van der Waals surface area contributed by atoms with Crippen molar-refractivity contribution in [3.8, 4) is 0 Å². The van der Waals surface area contributed by atoms with Gasteiger partial charge in [-0.25, -0.2) is 0 Å². The molecule has 0 spiro atoms. The Morgan fingerprint density at radius 2 is 2.05 bits per heavy atom. The average Bonchev–Trinajstić information content (AvgIpc) is 2.42. The average molecular weight is 276 g/mol. The Morgan fingerprint density at radius 1 is 1.35 bits per heavy atom. The Morgan fingerprint density at radius 3 is 2.55 bits per heavy atom. The summed E-state index contributed by atoms with van der Waals surface area (Å²) in [5.74, 6) is 0.709. The number of unbranched alkanes of at least 4 members (excludes halogenated alkanes) is 3. The summed E-state index contributed by atoms with van der Waals surface area (Å²) in [6.45, 7) is 14.4. The number of nitrogens with one attached hydrogen (secondary N) is 2. The molecule has 0 aromatic carbocycles. The molecule has 4 nitrogen and oxygen atoms in total. The second kappa shape index (κ2) is 11.0. The number of allylic oxidation sites excluding steroid dienone is 2. The molecule has 20 heavy (non-hydrogen) atoms. The molecule has 0 amide bonds. The van der Waals surface area contributed by atoms with Gasteiger partial charge < -0.3 is 10.3 Å². The number of nitrogens with zero attached hydrogens (tertiary/aromatic N) is 2. The van der Waals surface area contributed by atoms with Crippen LogP contribution in [0.15, 0.2) is 42.4 Å². The van der Waals surface area contributed by atoms with E-state index in [-0.39, 0.29) is 0 Å². The van der Waals surface area contributed by atoms with Crippen molar-refractivity contribution in [2.75, 3.05) is 6.54 Å². The van der Waals surface area contributed by atoms with E-state index in [1.165, 1.54) is 19.3 Å². The summed E-state index contributed by atoms with van der Waals surface area (Å²) in [5, 5.41) is 11.7. The van der Waals surface area contributed by atoms with E-state index in [2.05, 4.69) is 30.6 Å². The van der Waals surface area contributed by atoms with Crippen LogP contribution in [0, 0.1) is 5.41 Å². The van der Waals surface area contributed by atoms with E-state index in [1.54, 1.807) is 13.0 Å². The van der Waals surface area contributed by atoms with E-state index < -0.39 is 0 Å². The quantitative estimate of drug-likeness (QED) is 0.340. The smallest absolute Gasteiger partial charge is 0.119 e. The first-order valence-electron chi connectivity index (χ1n) is 7.16. The standard InChI is InChI=1S/C16H28N4/c1-6-9-10-11-13-20(12-7-2)15(5)18-19-16(8-3)14(4)17/h7-8,12,17-18H,3,5-6,9-11,13H2,1-2,4H3/b12-7-,17-14?,19-16?. The van der Waals surface area contributed by atoms with Gasteiger partial charge in [0.15, 0.2) is 0 Å². The second-order valence-electron chi connectivity index (χ2n) is 4.62. The summed E-state index contributed by atoms with van der Waals surface area (Å²) in [6.07, 6.45) is 10.4. The monoisotopic (exact) mass is 276 g/mol. The van der Waals surface area contributed by atoms with Crippen LogP contribution < -0.4 is 5.43 Å². The summed E-state index contributed by atoms with van der Waals surface area (Å²) >= 11 is 0. The third-order valence-electron chi connectivity index (χ3n) is 2.81. The SMILES string of the molecule is C=CC(=NNC(=C)N(/C=C\C)CCCCCC)C(C)=N. The third kappa shape index (κ3) is 7.56. The van der Waals surface area contributed by atoms with Crippen molar-refractivity contribution in [2.24, 2.45) is 5.10 Å². The van der Waals surface area contributed by atoms with Gasteiger partial charge in [-0.3, -0.25) is 5.43 Å². The third-order valence-corrected chi connectivity index (χ3v) is 2.81. The van der Waals surface area contributed by atoms with Crippen LogP contribution in [0.1, 0.15) is 46.5 Å². The summed E-state index contributed by atoms with van der Waals surface area (Å²) in [7, 11) is 0. The predicted molar refractivity (Wildman–Crippen MR) is 89.0 cm³/mol. The van der Waals surface area contributed by atoms with Gasteiger partial charge in [-0.05, 0) is 26.3 Å². The number of hydrogen-bond donors (Lipinski definition) is 2. The fourth-order valence-corrected chi connectivity index (χ4v) is 1.66. The predicted octanol–water partition coefficient (Wildman–Crippen LogP) is 4.04. The summed E-state index contributed by atoms with van der Waals surface area (Å²) < 4.78 is 0. The fraction of sp³-hybridized carbons (Fsp3) is 0.500. The molecule has 0 rings (SSSR count). The van der Waals surface area contributed by atoms with Gasteiger partial charge in [-0.1, -0.05) is 45.4 Å². The van der Waals surface area contributed by atoms with Gasteiger partial charge in [0.25, 0.3) is 0 Å². The zero-order chi connectivity index (χ0) is 15.4. The van der Waals surface area contributed by atoms with Crippen LogP contribution in [0.25, 0.3) is 0 Å². The molecule has 0 radical (unpaired) electrons. The van der Waals surface area contributed by atoms with Crippen LogP contribution in [0.4, 0.5) is 0 Å². The van der Waals surface area contributed by atoms with Gasteiger partial charge in [0.1, 0.15) is 11.5 Å². The molecule has 2 N–H and O–H groups in total. The van der Waals surface area contributed by atoms with Crippen molar-refractivity contribution in [3.05, 3.63) is 37.3 Å². The van der Waals surface area contributed by atoms with Crippen LogP contribution in [-0.2, 0) is 0 Å². The number of rotatable bonds is 11. The Bertz CT molecular complexity index is 380. The minimum Gasteiger partial charge on any atom is -0.334 e. The number of hydrogen-bond acceptors (Lipinski definition) is 4. The summed E-state index contributed by atoms with van der Waals surface area (Å²) in [6, 6.07) is 0. The maximum Gasteiger partial charge on any atom is 0.119 e. The topological polar surface area (TPSA) is 51.5 Å². The molecule has 0 aliphatic rings. The lowest BCUT2D eigenvalue weighted by Crippen LogP contribution is -2.26. The molecule has 0 aromatic heterocycles. The molecule has 0 aromatic rings. The molecule has 4 heteroatoms. The van der Waals surface area contributed by atoms with Crippen LogP contribution in [0.5, 0.6) is 0 Å². The van der Waals surface area contributed by atoms with Crippen molar-refractivity contribution in [2.45, 2.75) is 46.5 Å². The van der Waals surface area contributed by atoms with Gasteiger partial charge >= 0.3 is 0 Å². The highest BCUT2D eigenvalue weighted by atomic mass is 15.4. The van der Waals surface area contributed by atoms with E-state index >= 15 is 0 Å². The van der Waals surface area contributed by atoms with Crippen LogP contribution in [0.2, 0.25) is 0 Å². The highest BCUT2D eigenvalue weighted by Gasteiger charge is 2.04. The number of hydrazone groups is 1.